The molecule has 0 aliphatic heterocycles. The van der Waals surface area contributed by atoms with E-state index in [1.54, 1.807) is 18.2 Å². The van der Waals surface area contributed by atoms with Crippen LogP contribution in [0.1, 0.15) is 37.0 Å². The topological polar surface area (TPSA) is 50.7 Å². The highest BCUT2D eigenvalue weighted by Crippen LogP contribution is 2.22. The average molecular weight is 269 g/mol. The molecule has 0 unspecified atom stereocenters. The van der Waals surface area contributed by atoms with E-state index < -0.39 is 0 Å². The molecule has 4 nitrogen and oxygen atoms in total. The van der Waals surface area contributed by atoms with Gasteiger partial charge in [-0.05, 0) is 31.5 Å². The Morgan fingerprint density at radius 3 is 2.83 bits per heavy atom. The van der Waals surface area contributed by atoms with Crippen LogP contribution >= 0.6 is 11.6 Å². The first-order chi connectivity index (χ1) is 8.58. The van der Waals surface area contributed by atoms with E-state index in [2.05, 4.69) is 17.5 Å². The predicted molar refractivity (Wildman–Crippen MR) is 73.5 cm³/mol. The third-order valence-electron chi connectivity index (χ3n) is 2.37. The van der Waals surface area contributed by atoms with Crippen molar-refractivity contribution in [1.82, 2.24) is 5.43 Å². The molecule has 1 rings (SSSR count). The number of nitrogens with zero attached hydrogens (tertiary/aromatic N) is 1. The molecule has 5 heteroatoms. The number of hydrogen-bond donors (Lipinski definition) is 1. The van der Waals surface area contributed by atoms with E-state index in [-0.39, 0.29) is 5.91 Å². The number of rotatable bonds is 5. The number of hydrogen-bond acceptors (Lipinski definition) is 3. The zero-order valence-electron chi connectivity index (χ0n) is 10.8. The molecule has 0 bridgehead atoms. The number of carbonyl (C=O) groups excluding carboxylic acids is 1. The zero-order valence-corrected chi connectivity index (χ0v) is 11.5. The normalized spacial score (nSPS) is 11.2. The van der Waals surface area contributed by atoms with Gasteiger partial charge in [-0.15, -0.1) is 0 Å². The van der Waals surface area contributed by atoms with Crippen molar-refractivity contribution in [3.63, 3.8) is 0 Å². The van der Waals surface area contributed by atoms with E-state index >= 15 is 0 Å². The van der Waals surface area contributed by atoms with Gasteiger partial charge in [-0.2, -0.15) is 5.10 Å². The summed E-state index contributed by atoms with van der Waals surface area (Å²) in [6.45, 7) is 3.93. The third kappa shape index (κ3) is 4.04. The summed E-state index contributed by atoms with van der Waals surface area (Å²) in [4.78, 5) is 11.9. The molecule has 0 fully saturated rings. The van der Waals surface area contributed by atoms with Crippen molar-refractivity contribution in [2.75, 3.05) is 7.11 Å². The van der Waals surface area contributed by atoms with Crippen LogP contribution in [0, 0.1) is 0 Å². The SMILES string of the molecule is CCC/C(C)=N/NC(=O)c1cc(Cl)ccc1OC. The molecular formula is C13H17ClN2O2. The number of amides is 1. The molecule has 0 aliphatic rings. The molecule has 0 heterocycles. The van der Waals surface area contributed by atoms with Crippen LogP contribution in [0.4, 0.5) is 0 Å². The Balaban J connectivity index is 2.84. The lowest BCUT2D eigenvalue weighted by atomic mass is 10.2. The molecule has 0 saturated heterocycles. The minimum absolute atomic E-state index is 0.329. The lowest BCUT2D eigenvalue weighted by Gasteiger charge is -2.07. The van der Waals surface area contributed by atoms with Gasteiger partial charge < -0.3 is 4.74 Å². The van der Waals surface area contributed by atoms with Crippen molar-refractivity contribution in [2.24, 2.45) is 5.10 Å². The second-order valence-electron chi connectivity index (χ2n) is 3.88. The summed E-state index contributed by atoms with van der Waals surface area (Å²) in [5.74, 6) is 0.144. The average Bonchev–Trinajstić information content (AvgIpc) is 2.36. The third-order valence-corrected chi connectivity index (χ3v) is 2.60. The summed E-state index contributed by atoms with van der Waals surface area (Å²) in [6.07, 6.45) is 1.85. The monoisotopic (exact) mass is 268 g/mol. The minimum Gasteiger partial charge on any atom is -0.496 e. The van der Waals surface area contributed by atoms with Crippen molar-refractivity contribution in [1.29, 1.82) is 0 Å². The Bertz CT molecular complexity index is 458. The molecule has 98 valence electrons. The molecule has 0 atom stereocenters. The Hall–Kier alpha value is -1.55. The molecule has 1 aromatic carbocycles. The Morgan fingerprint density at radius 1 is 1.50 bits per heavy atom. The van der Waals surface area contributed by atoms with E-state index in [4.69, 9.17) is 16.3 Å². The fraction of sp³-hybridized carbons (Fsp3) is 0.385. The summed E-state index contributed by atoms with van der Waals surface area (Å²) in [5.41, 5.74) is 3.75. The van der Waals surface area contributed by atoms with E-state index in [0.717, 1.165) is 18.6 Å². The summed E-state index contributed by atoms with van der Waals surface area (Å²) < 4.78 is 5.11. The molecule has 0 spiro atoms. The zero-order chi connectivity index (χ0) is 13.5. The summed E-state index contributed by atoms with van der Waals surface area (Å²) in [6, 6.07) is 4.88. The minimum atomic E-state index is -0.329. The molecule has 0 saturated carbocycles. The Kier molecular flexibility index (Phi) is 5.65. The van der Waals surface area contributed by atoms with Gasteiger partial charge in [0.15, 0.2) is 0 Å². The maximum Gasteiger partial charge on any atom is 0.275 e. The van der Waals surface area contributed by atoms with Gasteiger partial charge in [-0.3, -0.25) is 4.79 Å². The second-order valence-corrected chi connectivity index (χ2v) is 4.32. The van der Waals surface area contributed by atoms with Crippen molar-refractivity contribution in [3.05, 3.63) is 28.8 Å². The summed E-state index contributed by atoms with van der Waals surface area (Å²) in [7, 11) is 1.51. The van der Waals surface area contributed by atoms with Crippen LogP contribution in [-0.2, 0) is 0 Å². The highest BCUT2D eigenvalue weighted by molar-refractivity contribution is 6.31. The first-order valence-corrected chi connectivity index (χ1v) is 6.13. The summed E-state index contributed by atoms with van der Waals surface area (Å²) >= 11 is 5.86. The molecule has 1 amide bonds. The van der Waals surface area contributed by atoms with Crippen LogP contribution < -0.4 is 10.2 Å². The number of benzene rings is 1. The van der Waals surface area contributed by atoms with Gasteiger partial charge in [0, 0.05) is 10.7 Å². The lowest BCUT2D eigenvalue weighted by molar-refractivity contribution is 0.0951. The van der Waals surface area contributed by atoms with Gasteiger partial charge in [0.2, 0.25) is 0 Å². The van der Waals surface area contributed by atoms with Crippen LogP contribution in [0.3, 0.4) is 0 Å². The van der Waals surface area contributed by atoms with Crippen LogP contribution in [-0.4, -0.2) is 18.7 Å². The molecule has 1 aromatic rings. The van der Waals surface area contributed by atoms with Crippen molar-refractivity contribution >= 4 is 23.2 Å². The number of halogens is 1. The quantitative estimate of drug-likeness (QED) is 0.658. The van der Waals surface area contributed by atoms with Gasteiger partial charge in [0.25, 0.3) is 5.91 Å². The van der Waals surface area contributed by atoms with Gasteiger partial charge in [-0.25, -0.2) is 5.43 Å². The predicted octanol–water partition coefficient (Wildman–Crippen LogP) is 3.25. The number of ether oxygens (including phenoxy) is 1. The number of nitrogens with one attached hydrogen (secondary N) is 1. The second kappa shape index (κ2) is 7.01. The summed E-state index contributed by atoms with van der Waals surface area (Å²) in [5, 5.41) is 4.50. The van der Waals surface area contributed by atoms with Crippen molar-refractivity contribution < 1.29 is 9.53 Å². The van der Waals surface area contributed by atoms with Gasteiger partial charge >= 0.3 is 0 Å². The molecular weight excluding hydrogens is 252 g/mol. The van der Waals surface area contributed by atoms with Gasteiger partial charge in [0.1, 0.15) is 5.75 Å². The van der Waals surface area contributed by atoms with Crippen molar-refractivity contribution in [2.45, 2.75) is 26.7 Å². The first kappa shape index (κ1) is 14.5. The van der Waals surface area contributed by atoms with Crippen LogP contribution in [0.25, 0.3) is 0 Å². The maximum atomic E-state index is 11.9. The fourth-order valence-corrected chi connectivity index (χ4v) is 1.65. The van der Waals surface area contributed by atoms with E-state index in [9.17, 15) is 4.79 Å². The van der Waals surface area contributed by atoms with Gasteiger partial charge in [0.05, 0.1) is 12.7 Å². The lowest BCUT2D eigenvalue weighted by Crippen LogP contribution is -2.19. The largest absolute Gasteiger partial charge is 0.496 e. The van der Waals surface area contributed by atoms with Crippen molar-refractivity contribution in [3.8, 4) is 5.75 Å². The molecule has 0 aliphatic carbocycles. The standard InChI is InChI=1S/C13H17ClN2O2/c1-4-5-9(2)15-16-13(17)11-8-10(14)6-7-12(11)18-3/h6-8H,4-5H2,1-3H3,(H,16,17)/b15-9+. The Labute approximate surface area is 112 Å². The molecule has 0 radical (unpaired) electrons. The fourth-order valence-electron chi connectivity index (χ4n) is 1.48. The molecule has 18 heavy (non-hydrogen) atoms. The van der Waals surface area contributed by atoms with Crippen LogP contribution in [0.15, 0.2) is 23.3 Å². The molecule has 0 aromatic heterocycles. The van der Waals surface area contributed by atoms with Crippen LogP contribution in [0.5, 0.6) is 5.75 Å². The highest BCUT2D eigenvalue weighted by atomic mass is 35.5. The Morgan fingerprint density at radius 2 is 2.22 bits per heavy atom. The van der Waals surface area contributed by atoms with E-state index in [0.29, 0.717) is 16.3 Å². The maximum absolute atomic E-state index is 11.9. The number of methoxy groups -OCH3 is 1. The van der Waals surface area contributed by atoms with E-state index in [1.807, 2.05) is 6.92 Å². The van der Waals surface area contributed by atoms with E-state index in [1.165, 1.54) is 7.11 Å². The number of carbonyl (C=O) groups is 1. The van der Waals surface area contributed by atoms with Crippen LogP contribution in [0.2, 0.25) is 5.02 Å². The number of hydrazone groups is 1. The highest BCUT2D eigenvalue weighted by Gasteiger charge is 2.12. The van der Waals surface area contributed by atoms with Gasteiger partial charge in [-0.1, -0.05) is 24.9 Å². The smallest absolute Gasteiger partial charge is 0.275 e. The first-order valence-electron chi connectivity index (χ1n) is 5.75. The molecule has 1 N–H and O–H groups in total.